The predicted molar refractivity (Wildman–Crippen MR) is 117 cm³/mol. The Balaban J connectivity index is 2.02. The Morgan fingerprint density at radius 3 is 2.19 bits per heavy atom. The average Bonchev–Trinajstić information content (AvgIpc) is 2.72. The molecule has 2 heterocycles. The molecule has 1 fully saturated rings. The molecule has 0 unspecified atom stereocenters. The number of piperazine rings is 1. The number of H-pyrrole nitrogens is 1. The van der Waals surface area contributed by atoms with Gasteiger partial charge in [0, 0.05) is 56.2 Å². The van der Waals surface area contributed by atoms with Crippen LogP contribution >= 0.6 is 0 Å². The van der Waals surface area contributed by atoms with E-state index in [9.17, 15) is 26.4 Å². The van der Waals surface area contributed by atoms with Gasteiger partial charge < -0.3 is 9.88 Å². The number of carbonyl (C=O) groups is 1. The van der Waals surface area contributed by atoms with Gasteiger partial charge in [-0.3, -0.25) is 9.59 Å². The number of hydrogen-bond acceptors (Lipinski definition) is 6. The molecule has 3 rings (SSSR count). The van der Waals surface area contributed by atoms with Gasteiger partial charge >= 0.3 is 0 Å². The molecule has 0 bridgehead atoms. The summed E-state index contributed by atoms with van der Waals surface area (Å²) in [5, 5.41) is 0.323. The predicted octanol–water partition coefficient (Wildman–Crippen LogP) is 0.276. The van der Waals surface area contributed by atoms with Gasteiger partial charge in [-0.25, -0.2) is 16.8 Å². The number of sulfonamides is 2. The second kappa shape index (κ2) is 8.69. The molecule has 1 aliphatic heterocycles. The highest BCUT2D eigenvalue weighted by molar-refractivity contribution is 7.89. The zero-order valence-corrected chi connectivity index (χ0v) is 19.3. The Hall–Kier alpha value is -2.28. The SMILES string of the molecule is CCN(CC)S(=O)(=O)c1ccc2[nH]c(=O)cc(C(=O)N3CCN(S(C)(=O)=O)CC3)c2c1. The minimum Gasteiger partial charge on any atom is -0.336 e. The Bertz CT molecular complexity index is 1260. The van der Waals surface area contributed by atoms with Crippen molar-refractivity contribution in [2.45, 2.75) is 18.7 Å². The number of hydrogen-bond donors (Lipinski definition) is 1. The molecule has 0 saturated carbocycles. The Kier molecular flexibility index (Phi) is 6.56. The quantitative estimate of drug-likeness (QED) is 0.646. The molecular formula is C19H26N4O6S2. The molecule has 170 valence electrons. The first-order valence-electron chi connectivity index (χ1n) is 9.90. The van der Waals surface area contributed by atoms with E-state index in [1.165, 1.54) is 31.7 Å². The van der Waals surface area contributed by atoms with Gasteiger partial charge in [-0.2, -0.15) is 8.61 Å². The lowest BCUT2D eigenvalue weighted by molar-refractivity contribution is 0.0700. The highest BCUT2D eigenvalue weighted by Crippen LogP contribution is 2.24. The highest BCUT2D eigenvalue weighted by atomic mass is 32.2. The minimum absolute atomic E-state index is 0.0340. The van der Waals surface area contributed by atoms with Crippen LogP contribution in [0.1, 0.15) is 24.2 Å². The van der Waals surface area contributed by atoms with Crippen molar-refractivity contribution in [2.24, 2.45) is 0 Å². The lowest BCUT2D eigenvalue weighted by atomic mass is 10.1. The summed E-state index contributed by atoms with van der Waals surface area (Å²) < 4.78 is 51.8. The summed E-state index contributed by atoms with van der Waals surface area (Å²) in [7, 11) is -7.10. The number of benzene rings is 1. The van der Waals surface area contributed by atoms with E-state index in [0.717, 1.165) is 12.3 Å². The molecule has 1 aromatic carbocycles. The molecule has 0 atom stereocenters. The number of rotatable bonds is 6. The number of nitrogens with zero attached hydrogens (tertiary/aromatic N) is 3. The van der Waals surface area contributed by atoms with Gasteiger partial charge in [0.05, 0.1) is 16.7 Å². The van der Waals surface area contributed by atoms with Crippen molar-refractivity contribution in [3.05, 3.63) is 40.2 Å². The number of amides is 1. The second-order valence-corrected chi connectivity index (χ2v) is 11.2. The normalized spacial score (nSPS) is 16.2. The Morgan fingerprint density at radius 1 is 1.03 bits per heavy atom. The largest absolute Gasteiger partial charge is 0.336 e. The van der Waals surface area contributed by atoms with E-state index in [2.05, 4.69) is 4.98 Å². The topological polar surface area (TPSA) is 128 Å². The van der Waals surface area contributed by atoms with E-state index in [1.54, 1.807) is 13.8 Å². The van der Waals surface area contributed by atoms with E-state index >= 15 is 0 Å². The van der Waals surface area contributed by atoms with Gasteiger partial charge in [0.2, 0.25) is 25.6 Å². The lowest BCUT2D eigenvalue weighted by Crippen LogP contribution is -2.50. The van der Waals surface area contributed by atoms with Crippen LogP contribution in [-0.4, -0.2) is 86.8 Å². The van der Waals surface area contributed by atoms with Gasteiger partial charge in [-0.1, -0.05) is 13.8 Å². The van der Waals surface area contributed by atoms with Gasteiger partial charge in [0.15, 0.2) is 0 Å². The summed E-state index contributed by atoms with van der Waals surface area (Å²) in [5.74, 6) is -0.443. The van der Waals surface area contributed by atoms with Crippen molar-refractivity contribution in [1.29, 1.82) is 0 Å². The molecular weight excluding hydrogens is 444 g/mol. The zero-order valence-electron chi connectivity index (χ0n) is 17.7. The van der Waals surface area contributed by atoms with Crippen LogP contribution in [0.15, 0.2) is 34.0 Å². The van der Waals surface area contributed by atoms with Crippen molar-refractivity contribution < 1.29 is 21.6 Å². The van der Waals surface area contributed by atoms with Crippen molar-refractivity contribution in [1.82, 2.24) is 18.5 Å². The third-order valence-electron chi connectivity index (χ3n) is 5.38. The van der Waals surface area contributed by atoms with E-state index < -0.39 is 31.5 Å². The van der Waals surface area contributed by atoms with Crippen LogP contribution in [0.3, 0.4) is 0 Å². The van der Waals surface area contributed by atoms with Crippen LogP contribution in [0.4, 0.5) is 0 Å². The van der Waals surface area contributed by atoms with E-state index in [-0.39, 0.29) is 36.6 Å². The second-order valence-electron chi connectivity index (χ2n) is 7.30. The molecule has 0 radical (unpaired) electrons. The third-order valence-corrected chi connectivity index (χ3v) is 8.73. The van der Waals surface area contributed by atoms with Crippen LogP contribution in [0.5, 0.6) is 0 Å². The summed E-state index contributed by atoms with van der Waals surface area (Å²) in [6.07, 6.45) is 1.12. The van der Waals surface area contributed by atoms with Crippen LogP contribution in [-0.2, 0) is 20.0 Å². The monoisotopic (exact) mass is 470 g/mol. The van der Waals surface area contributed by atoms with Crippen molar-refractivity contribution in [2.75, 3.05) is 45.5 Å². The molecule has 2 aromatic rings. The fourth-order valence-corrected chi connectivity index (χ4v) is 5.99. The summed E-state index contributed by atoms with van der Waals surface area (Å²) >= 11 is 0. The minimum atomic E-state index is -3.75. The number of aromatic nitrogens is 1. The third kappa shape index (κ3) is 4.66. The summed E-state index contributed by atoms with van der Waals surface area (Å²) in [6, 6.07) is 5.44. The first-order chi connectivity index (χ1) is 14.5. The summed E-state index contributed by atoms with van der Waals surface area (Å²) in [5.41, 5.74) is -0.0442. The zero-order chi connectivity index (χ0) is 23.0. The first-order valence-corrected chi connectivity index (χ1v) is 13.2. The molecule has 0 spiro atoms. The standard InChI is InChI=1S/C19H26N4O6S2/c1-4-22(5-2)31(28,29)14-6-7-17-15(12-14)16(13-18(24)20-17)19(25)21-8-10-23(11-9-21)30(3,26)27/h6-7,12-13H,4-5,8-11H2,1-3H3,(H,20,24). The van der Waals surface area contributed by atoms with E-state index in [0.29, 0.717) is 24.0 Å². The van der Waals surface area contributed by atoms with Gasteiger partial charge in [0.1, 0.15) is 0 Å². The summed E-state index contributed by atoms with van der Waals surface area (Å²) in [6.45, 7) is 4.77. The number of pyridine rings is 1. The van der Waals surface area contributed by atoms with Crippen LogP contribution < -0.4 is 5.56 Å². The molecule has 1 N–H and O–H groups in total. The van der Waals surface area contributed by atoms with Crippen molar-refractivity contribution in [3.8, 4) is 0 Å². The lowest BCUT2D eigenvalue weighted by Gasteiger charge is -2.33. The Morgan fingerprint density at radius 2 is 1.65 bits per heavy atom. The first kappa shape index (κ1) is 23.4. The highest BCUT2D eigenvalue weighted by Gasteiger charge is 2.28. The van der Waals surface area contributed by atoms with E-state index in [1.807, 2.05) is 0 Å². The van der Waals surface area contributed by atoms with E-state index in [4.69, 9.17) is 0 Å². The average molecular weight is 471 g/mol. The number of fused-ring (bicyclic) bond motifs is 1. The Labute approximate surface area is 181 Å². The number of carbonyl (C=O) groups excluding carboxylic acids is 1. The molecule has 1 saturated heterocycles. The molecule has 1 aliphatic rings. The number of aromatic amines is 1. The molecule has 31 heavy (non-hydrogen) atoms. The maximum absolute atomic E-state index is 13.2. The fourth-order valence-electron chi connectivity index (χ4n) is 3.68. The number of nitrogens with one attached hydrogen (secondary N) is 1. The van der Waals surface area contributed by atoms with Crippen LogP contribution in [0.25, 0.3) is 10.9 Å². The summed E-state index contributed by atoms with van der Waals surface area (Å²) in [4.78, 5) is 29.4. The maximum Gasteiger partial charge on any atom is 0.254 e. The van der Waals surface area contributed by atoms with Crippen molar-refractivity contribution in [3.63, 3.8) is 0 Å². The van der Waals surface area contributed by atoms with Crippen molar-refractivity contribution >= 4 is 36.9 Å². The molecule has 1 aromatic heterocycles. The van der Waals surface area contributed by atoms with Gasteiger partial charge in [0.25, 0.3) is 5.91 Å². The molecule has 10 nitrogen and oxygen atoms in total. The molecule has 0 aliphatic carbocycles. The van der Waals surface area contributed by atoms with Crippen LogP contribution in [0.2, 0.25) is 0 Å². The smallest absolute Gasteiger partial charge is 0.254 e. The molecule has 12 heteroatoms. The van der Waals surface area contributed by atoms with Crippen LogP contribution in [0, 0.1) is 0 Å². The molecule has 1 amide bonds. The fraction of sp³-hybridized carbons (Fsp3) is 0.474. The maximum atomic E-state index is 13.2. The van der Waals surface area contributed by atoms with Gasteiger partial charge in [-0.05, 0) is 18.2 Å². The van der Waals surface area contributed by atoms with Gasteiger partial charge in [-0.15, -0.1) is 0 Å².